The quantitative estimate of drug-likeness (QED) is 0.733. The molecule has 0 saturated carbocycles. The van der Waals surface area contributed by atoms with Crippen molar-refractivity contribution in [3.63, 3.8) is 0 Å². The molecule has 0 unspecified atom stereocenters. The van der Waals surface area contributed by atoms with Crippen LogP contribution in [0.3, 0.4) is 0 Å². The van der Waals surface area contributed by atoms with E-state index in [1.165, 1.54) is 11.1 Å². The Kier molecular flexibility index (Phi) is 6.59. The van der Waals surface area contributed by atoms with E-state index in [4.69, 9.17) is 4.74 Å². The van der Waals surface area contributed by atoms with Crippen molar-refractivity contribution in [1.82, 2.24) is 4.90 Å². The van der Waals surface area contributed by atoms with Crippen molar-refractivity contribution in [2.24, 2.45) is 5.92 Å². The van der Waals surface area contributed by atoms with Gasteiger partial charge in [-0.25, -0.2) is 0 Å². The highest BCUT2D eigenvalue weighted by Gasteiger charge is 2.32. The largest absolute Gasteiger partial charge is 0.497 e. The molecule has 5 nitrogen and oxygen atoms in total. The molecule has 1 fully saturated rings. The molecule has 2 amide bonds. The maximum atomic E-state index is 13.4. The summed E-state index contributed by atoms with van der Waals surface area (Å²) in [5, 5.41) is 0. The minimum absolute atomic E-state index is 0.0169. The molecule has 4 rings (SSSR count). The third kappa shape index (κ3) is 4.60. The van der Waals surface area contributed by atoms with Crippen molar-refractivity contribution in [2.75, 3.05) is 31.6 Å². The van der Waals surface area contributed by atoms with Crippen LogP contribution in [0.25, 0.3) is 0 Å². The Morgan fingerprint density at radius 2 is 1.74 bits per heavy atom. The lowest BCUT2D eigenvalue weighted by molar-refractivity contribution is -0.123. The normalized spacial score (nSPS) is 17.1. The second-order valence-electron chi connectivity index (χ2n) is 8.56. The second kappa shape index (κ2) is 9.54. The number of piperidine rings is 1. The first kappa shape index (κ1) is 21.4. The second-order valence-corrected chi connectivity index (χ2v) is 8.56. The molecule has 2 heterocycles. The van der Waals surface area contributed by atoms with Gasteiger partial charge in [-0.2, -0.15) is 0 Å². The number of rotatable bonds is 4. The van der Waals surface area contributed by atoms with Crippen LogP contribution in [0.1, 0.15) is 54.1 Å². The number of nitrogens with zero attached hydrogens (tertiary/aromatic N) is 2. The lowest BCUT2D eigenvalue weighted by Crippen LogP contribution is -2.44. The van der Waals surface area contributed by atoms with Gasteiger partial charge >= 0.3 is 0 Å². The Morgan fingerprint density at radius 3 is 2.42 bits per heavy atom. The first-order valence-electron chi connectivity index (χ1n) is 11.5. The molecule has 2 aromatic rings. The van der Waals surface area contributed by atoms with E-state index in [1.54, 1.807) is 19.2 Å². The Labute approximate surface area is 185 Å². The molecule has 1 saturated heterocycles. The summed E-state index contributed by atoms with van der Waals surface area (Å²) < 4.78 is 5.17. The van der Waals surface area contributed by atoms with Crippen LogP contribution >= 0.6 is 0 Å². The molecule has 0 radical (unpaired) electrons. The van der Waals surface area contributed by atoms with Crippen LogP contribution in [0.2, 0.25) is 0 Å². The van der Waals surface area contributed by atoms with E-state index >= 15 is 0 Å². The highest BCUT2D eigenvalue weighted by molar-refractivity contribution is 5.97. The first-order valence-corrected chi connectivity index (χ1v) is 11.5. The molecular weight excluding hydrogens is 388 g/mol. The predicted octanol–water partition coefficient (Wildman–Crippen LogP) is 4.48. The van der Waals surface area contributed by atoms with Crippen LogP contribution < -0.4 is 9.64 Å². The smallest absolute Gasteiger partial charge is 0.253 e. The lowest BCUT2D eigenvalue weighted by Gasteiger charge is -2.34. The Balaban J connectivity index is 1.42. The standard InChI is InChI=1S/C26H32N2O3/c1-3-19-7-12-24-22(18-19)6-4-5-15-28(24)26(30)21-13-16-27(17-14-21)25(29)20-8-10-23(31-2)11-9-20/h7-12,18,21H,3-6,13-17H2,1-2H3. The van der Waals surface area contributed by atoms with Crippen molar-refractivity contribution < 1.29 is 14.3 Å². The average Bonchev–Trinajstić information content (AvgIpc) is 3.05. The number of ether oxygens (including phenoxy) is 1. The molecule has 2 aromatic carbocycles. The average molecular weight is 421 g/mol. The SMILES string of the molecule is CCc1ccc2c(c1)CCCCN2C(=O)C1CCN(C(=O)c2ccc(OC)cc2)CC1. The zero-order valence-corrected chi connectivity index (χ0v) is 18.6. The van der Waals surface area contributed by atoms with Crippen molar-refractivity contribution in [2.45, 2.75) is 45.4 Å². The molecule has 5 heteroatoms. The van der Waals surface area contributed by atoms with Crippen molar-refractivity contribution in [3.05, 3.63) is 59.2 Å². The molecule has 31 heavy (non-hydrogen) atoms. The molecule has 2 aliphatic rings. The van der Waals surface area contributed by atoms with Gasteiger partial charge in [0.2, 0.25) is 5.91 Å². The molecule has 0 spiro atoms. The Hall–Kier alpha value is -2.82. The van der Waals surface area contributed by atoms with Gasteiger partial charge in [0.25, 0.3) is 5.91 Å². The van der Waals surface area contributed by atoms with Gasteiger partial charge in [-0.3, -0.25) is 9.59 Å². The maximum absolute atomic E-state index is 13.4. The van der Waals surface area contributed by atoms with Crippen LogP contribution in [-0.2, 0) is 17.6 Å². The summed E-state index contributed by atoms with van der Waals surface area (Å²) in [5.74, 6) is 0.978. The van der Waals surface area contributed by atoms with E-state index in [0.717, 1.165) is 56.5 Å². The molecule has 0 atom stereocenters. The summed E-state index contributed by atoms with van der Waals surface area (Å²) >= 11 is 0. The molecule has 0 N–H and O–H groups in total. The number of amides is 2. The van der Waals surface area contributed by atoms with Crippen LogP contribution in [0.4, 0.5) is 5.69 Å². The van der Waals surface area contributed by atoms with Gasteiger partial charge in [-0.15, -0.1) is 0 Å². The number of fused-ring (bicyclic) bond motifs is 1. The number of anilines is 1. The van der Waals surface area contributed by atoms with Crippen LogP contribution in [-0.4, -0.2) is 43.5 Å². The Morgan fingerprint density at radius 1 is 1.00 bits per heavy atom. The van der Waals surface area contributed by atoms with Crippen LogP contribution in [0, 0.1) is 5.92 Å². The highest BCUT2D eigenvalue weighted by atomic mass is 16.5. The van der Waals surface area contributed by atoms with E-state index < -0.39 is 0 Å². The minimum Gasteiger partial charge on any atom is -0.497 e. The summed E-state index contributed by atoms with van der Waals surface area (Å²) in [4.78, 5) is 30.2. The van der Waals surface area contributed by atoms with Gasteiger partial charge in [0.15, 0.2) is 0 Å². The lowest BCUT2D eigenvalue weighted by atomic mass is 9.94. The number of hydrogen-bond donors (Lipinski definition) is 0. The van der Waals surface area contributed by atoms with Gasteiger partial charge in [-0.1, -0.05) is 19.1 Å². The number of carbonyl (C=O) groups is 2. The van der Waals surface area contributed by atoms with E-state index in [2.05, 4.69) is 25.1 Å². The number of benzene rings is 2. The van der Waals surface area contributed by atoms with Gasteiger partial charge in [0.05, 0.1) is 7.11 Å². The van der Waals surface area contributed by atoms with E-state index in [1.807, 2.05) is 21.9 Å². The van der Waals surface area contributed by atoms with Crippen molar-refractivity contribution in [3.8, 4) is 5.75 Å². The molecule has 0 aromatic heterocycles. The molecular formula is C26H32N2O3. The highest BCUT2D eigenvalue weighted by Crippen LogP contribution is 2.31. The zero-order chi connectivity index (χ0) is 21.8. The summed E-state index contributed by atoms with van der Waals surface area (Å²) in [5.41, 5.74) is 4.39. The third-order valence-electron chi connectivity index (χ3n) is 6.66. The van der Waals surface area contributed by atoms with E-state index in [0.29, 0.717) is 18.7 Å². The van der Waals surface area contributed by atoms with Crippen LogP contribution in [0.15, 0.2) is 42.5 Å². The van der Waals surface area contributed by atoms with Gasteiger partial charge in [-0.05, 0) is 80.0 Å². The number of aryl methyl sites for hydroxylation is 2. The fourth-order valence-electron chi connectivity index (χ4n) is 4.72. The van der Waals surface area contributed by atoms with Crippen molar-refractivity contribution in [1.29, 1.82) is 0 Å². The number of hydrogen-bond acceptors (Lipinski definition) is 3. The van der Waals surface area contributed by atoms with Crippen molar-refractivity contribution >= 4 is 17.5 Å². The zero-order valence-electron chi connectivity index (χ0n) is 18.6. The minimum atomic E-state index is -0.0169. The molecule has 0 aliphatic carbocycles. The molecule has 164 valence electrons. The van der Waals surface area contributed by atoms with Gasteiger partial charge < -0.3 is 14.5 Å². The van der Waals surface area contributed by atoms with E-state index in [9.17, 15) is 9.59 Å². The number of methoxy groups -OCH3 is 1. The fraction of sp³-hybridized carbons (Fsp3) is 0.462. The summed E-state index contributed by atoms with van der Waals surface area (Å²) in [6, 6.07) is 13.8. The summed E-state index contributed by atoms with van der Waals surface area (Å²) in [6.07, 6.45) is 5.66. The summed E-state index contributed by atoms with van der Waals surface area (Å²) in [7, 11) is 1.62. The third-order valence-corrected chi connectivity index (χ3v) is 6.66. The fourth-order valence-corrected chi connectivity index (χ4v) is 4.72. The van der Waals surface area contributed by atoms with Gasteiger partial charge in [0.1, 0.15) is 5.75 Å². The number of carbonyl (C=O) groups excluding carboxylic acids is 2. The first-order chi connectivity index (χ1) is 15.1. The molecule has 0 bridgehead atoms. The topological polar surface area (TPSA) is 49.9 Å². The maximum Gasteiger partial charge on any atom is 0.253 e. The van der Waals surface area contributed by atoms with Gasteiger partial charge in [0, 0.05) is 36.8 Å². The van der Waals surface area contributed by atoms with E-state index in [-0.39, 0.29) is 17.7 Å². The summed E-state index contributed by atoms with van der Waals surface area (Å²) in [6.45, 7) is 4.21. The van der Waals surface area contributed by atoms with Crippen LogP contribution in [0.5, 0.6) is 5.75 Å². The predicted molar refractivity (Wildman–Crippen MR) is 123 cm³/mol. The Bertz CT molecular complexity index is 930. The monoisotopic (exact) mass is 420 g/mol. The number of likely N-dealkylation sites (tertiary alicyclic amines) is 1. The molecule has 2 aliphatic heterocycles.